The number of amides is 1. The van der Waals surface area contributed by atoms with E-state index in [1.165, 1.54) is 6.92 Å². The second-order valence-corrected chi connectivity index (χ2v) is 5.27. The standard InChI is InChI=1S/C14H17N5O2/c1-9-7-18(14(21)10(2)20)8-12-16-17-13(19(9)12)11-5-3-4-6-15-11/h3-6,9-10,20H,7-8H2,1-2H3/t9-,10+/m0/s1. The number of aliphatic hydroxyl groups is 1. The summed E-state index contributed by atoms with van der Waals surface area (Å²) >= 11 is 0. The van der Waals surface area contributed by atoms with E-state index in [9.17, 15) is 9.90 Å². The molecule has 21 heavy (non-hydrogen) atoms. The molecule has 0 aliphatic carbocycles. The Bertz CT molecular complexity index is 653. The van der Waals surface area contributed by atoms with Gasteiger partial charge in [0, 0.05) is 12.7 Å². The third-order valence-corrected chi connectivity index (χ3v) is 3.59. The number of fused-ring (bicyclic) bond motifs is 1. The Hall–Kier alpha value is -2.28. The summed E-state index contributed by atoms with van der Waals surface area (Å²) in [5.41, 5.74) is 0.762. The number of pyridine rings is 1. The molecule has 0 aromatic carbocycles. The van der Waals surface area contributed by atoms with Crippen molar-refractivity contribution in [1.82, 2.24) is 24.6 Å². The number of hydrogen-bond donors (Lipinski definition) is 1. The fourth-order valence-electron chi connectivity index (χ4n) is 2.63. The van der Waals surface area contributed by atoms with Gasteiger partial charge >= 0.3 is 0 Å². The van der Waals surface area contributed by atoms with Crippen LogP contribution >= 0.6 is 0 Å². The van der Waals surface area contributed by atoms with Gasteiger partial charge in [-0.2, -0.15) is 0 Å². The van der Waals surface area contributed by atoms with Crippen molar-refractivity contribution in [1.29, 1.82) is 0 Å². The SMILES string of the molecule is C[C@@H](O)C(=O)N1Cc2nnc(-c3ccccn3)n2[C@@H](C)C1. The van der Waals surface area contributed by atoms with E-state index in [-0.39, 0.29) is 11.9 Å². The van der Waals surface area contributed by atoms with Crippen molar-refractivity contribution in [2.75, 3.05) is 6.54 Å². The monoisotopic (exact) mass is 287 g/mol. The summed E-state index contributed by atoms with van der Waals surface area (Å²) in [4.78, 5) is 17.9. The van der Waals surface area contributed by atoms with Crippen LogP contribution in [0.4, 0.5) is 0 Å². The highest BCUT2D eigenvalue weighted by Crippen LogP contribution is 2.26. The molecule has 2 aromatic heterocycles. The van der Waals surface area contributed by atoms with Crippen LogP contribution in [0.5, 0.6) is 0 Å². The van der Waals surface area contributed by atoms with E-state index < -0.39 is 6.10 Å². The van der Waals surface area contributed by atoms with Crippen molar-refractivity contribution in [3.05, 3.63) is 30.2 Å². The lowest BCUT2D eigenvalue weighted by Gasteiger charge is -2.33. The van der Waals surface area contributed by atoms with Crippen molar-refractivity contribution >= 4 is 5.91 Å². The fraction of sp³-hybridized carbons (Fsp3) is 0.429. The predicted octanol–water partition coefficient (Wildman–Crippen LogP) is 0.624. The molecule has 3 heterocycles. The Morgan fingerprint density at radius 2 is 2.24 bits per heavy atom. The highest BCUT2D eigenvalue weighted by molar-refractivity contribution is 5.80. The lowest BCUT2D eigenvalue weighted by molar-refractivity contribution is -0.141. The smallest absolute Gasteiger partial charge is 0.251 e. The first-order valence-corrected chi connectivity index (χ1v) is 6.90. The van der Waals surface area contributed by atoms with Gasteiger partial charge in [-0.25, -0.2) is 0 Å². The van der Waals surface area contributed by atoms with Gasteiger partial charge in [-0.15, -0.1) is 10.2 Å². The summed E-state index contributed by atoms with van der Waals surface area (Å²) in [5, 5.41) is 17.8. The zero-order chi connectivity index (χ0) is 15.0. The molecule has 7 nitrogen and oxygen atoms in total. The Labute approximate surface area is 122 Å². The fourth-order valence-corrected chi connectivity index (χ4v) is 2.63. The van der Waals surface area contributed by atoms with Crippen molar-refractivity contribution in [2.45, 2.75) is 32.5 Å². The molecule has 1 aliphatic rings. The summed E-state index contributed by atoms with van der Waals surface area (Å²) in [6.45, 7) is 4.36. The molecule has 1 aliphatic heterocycles. The molecule has 7 heteroatoms. The van der Waals surface area contributed by atoms with Crippen molar-refractivity contribution < 1.29 is 9.90 Å². The van der Waals surface area contributed by atoms with Gasteiger partial charge in [0.2, 0.25) is 0 Å². The second-order valence-electron chi connectivity index (χ2n) is 5.27. The average Bonchev–Trinajstić information content (AvgIpc) is 2.91. The molecule has 110 valence electrons. The molecular formula is C14H17N5O2. The van der Waals surface area contributed by atoms with Crippen LogP contribution in [0.2, 0.25) is 0 Å². The van der Waals surface area contributed by atoms with Gasteiger partial charge in [-0.05, 0) is 26.0 Å². The molecule has 2 aromatic rings. The van der Waals surface area contributed by atoms with Gasteiger partial charge in [0.1, 0.15) is 11.8 Å². The van der Waals surface area contributed by atoms with E-state index in [0.29, 0.717) is 24.7 Å². The third-order valence-electron chi connectivity index (χ3n) is 3.59. The first-order chi connectivity index (χ1) is 10.1. The van der Waals surface area contributed by atoms with E-state index in [1.807, 2.05) is 29.7 Å². The maximum Gasteiger partial charge on any atom is 0.251 e. The lowest BCUT2D eigenvalue weighted by atomic mass is 10.2. The molecule has 0 saturated carbocycles. The minimum Gasteiger partial charge on any atom is -0.384 e. The summed E-state index contributed by atoms with van der Waals surface area (Å²) in [5.74, 6) is 1.14. The lowest BCUT2D eigenvalue weighted by Crippen LogP contribution is -2.44. The molecule has 0 unspecified atom stereocenters. The largest absolute Gasteiger partial charge is 0.384 e. The number of rotatable bonds is 2. The highest BCUT2D eigenvalue weighted by Gasteiger charge is 2.31. The van der Waals surface area contributed by atoms with E-state index >= 15 is 0 Å². The molecule has 1 amide bonds. The average molecular weight is 287 g/mol. The molecule has 0 radical (unpaired) electrons. The maximum absolute atomic E-state index is 11.9. The van der Waals surface area contributed by atoms with Crippen LogP contribution in [0.25, 0.3) is 11.5 Å². The van der Waals surface area contributed by atoms with Crippen LogP contribution in [0, 0.1) is 0 Å². The van der Waals surface area contributed by atoms with Crippen LogP contribution in [-0.2, 0) is 11.3 Å². The number of hydrogen-bond acceptors (Lipinski definition) is 5. The Kier molecular flexibility index (Phi) is 3.42. The Morgan fingerprint density at radius 1 is 1.43 bits per heavy atom. The van der Waals surface area contributed by atoms with E-state index in [2.05, 4.69) is 15.2 Å². The summed E-state index contributed by atoms with van der Waals surface area (Å²) in [6.07, 6.45) is 0.718. The highest BCUT2D eigenvalue weighted by atomic mass is 16.3. The van der Waals surface area contributed by atoms with Crippen LogP contribution < -0.4 is 0 Å². The topological polar surface area (TPSA) is 84.1 Å². The van der Waals surface area contributed by atoms with Crippen LogP contribution in [0.1, 0.15) is 25.7 Å². The minimum atomic E-state index is -0.998. The van der Waals surface area contributed by atoms with Crippen LogP contribution in [0.15, 0.2) is 24.4 Å². The summed E-state index contributed by atoms with van der Waals surface area (Å²) in [6, 6.07) is 5.67. The first-order valence-electron chi connectivity index (χ1n) is 6.90. The normalized spacial score (nSPS) is 19.2. The van der Waals surface area contributed by atoms with E-state index in [4.69, 9.17) is 0 Å². The number of aromatic nitrogens is 4. The molecule has 0 bridgehead atoms. The zero-order valence-electron chi connectivity index (χ0n) is 12.0. The molecule has 2 atom stereocenters. The quantitative estimate of drug-likeness (QED) is 0.875. The van der Waals surface area contributed by atoms with Gasteiger partial charge in [-0.3, -0.25) is 9.78 Å². The molecule has 0 fully saturated rings. The summed E-state index contributed by atoms with van der Waals surface area (Å²) in [7, 11) is 0. The predicted molar refractivity (Wildman–Crippen MR) is 75.1 cm³/mol. The van der Waals surface area contributed by atoms with E-state index in [1.54, 1.807) is 11.1 Å². The molecule has 3 rings (SSSR count). The minimum absolute atomic E-state index is 0.0310. The second kappa shape index (κ2) is 5.25. The van der Waals surface area contributed by atoms with Gasteiger partial charge in [0.25, 0.3) is 5.91 Å². The first kappa shape index (κ1) is 13.7. The Balaban J connectivity index is 1.95. The third kappa shape index (κ3) is 2.40. The molecule has 1 N–H and O–H groups in total. The van der Waals surface area contributed by atoms with Gasteiger partial charge in [0.05, 0.1) is 12.6 Å². The number of nitrogens with zero attached hydrogens (tertiary/aromatic N) is 5. The van der Waals surface area contributed by atoms with Crippen LogP contribution in [-0.4, -0.2) is 48.3 Å². The Morgan fingerprint density at radius 3 is 2.90 bits per heavy atom. The maximum atomic E-state index is 11.9. The number of carbonyl (C=O) groups excluding carboxylic acids is 1. The number of carbonyl (C=O) groups is 1. The van der Waals surface area contributed by atoms with E-state index in [0.717, 1.165) is 5.69 Å². The molecule has 0 saturated heterocycles. The van der Waals surface area contributed by atoms with Crippen molar-refractivity contribution in [2.24, 2.45) is 0 Å². The molecular weight excluding hydrogens is 270 g/mol. The van der Waals surface area contributed by atoms with Gasteiger partial charge < -0.3 is 14.6 Å². The van der Waals surface area contributed by atoms with Gasteiger partial charge in [0.15, 0.2) is 11.6 Å². The van der Waals surface area contributed by atoms with Gasteiger partial charge in [-0.1, -0.05) is 6.07 Å². The van der Waals surface area contributed by atoms with Crippen molar-refractivity contribution in [3.63, 3.8) is 0 Å². The number of aliphatic hydroxyl groups excluding tert-OH is 1. The summed E-state index contributed by atoms with van der Waals surface area (Å²) < 4.78 is 2.01. The van der Waals surface area contributed by atoms with Crippen LogP contribution in [0.3, 0.4) is 0 Å². The van der Waals surface area contributed by atoms with Crippen molar-refractivity contribution in [3.8, 4) is 11.5 Å². The zero-order valence-corrected chi connectivity index (χ0v) is 12.0. The molecule has 0 spiro atoms.